The molecule has 0 radical (unpaired) electrons. The Kier molecular flexibility index (Phi) is 6.26. The van der Waals surface area contributed by atoms with E-state index < -0.39 is 30.1 Å². The number of methoxy groups -OCH3 is 1. The van der Waals surface area contributed by atoms with E-state index in [1.165, 1.54) is 19.4 Å². The van der Waals surface area contributed by atoms with Crippen LogP contribution in [0.4, 0.5) is 4.39 Å². The molecule has 0 atom stereocenters. The summed E-state index contributed by atoms with van der Waals surface area (Å²) in [5, 5.41) is 0.0375. The molecule has 0 unspecified atom stereocenters. The molecular formula is C20H22BClFNO6. The highest BCUT2D eigenvalue weighted by atomic mass is 35.5. The van der Waals surface area contributed by atoms with Gasteiger partial charge in [-0.2, -0.15) is 0 Å². The summed E-state index contributed by atoms with van der Waals surface area (Å²) >= 11 is 6.19. The molecule has 0 aliphatic carbocycles. The lowest BCUT2D eigenvalue weighted by molar-refractivity contribution is -0.143. The number of carbonyl (C=O) groups is 1. The summed E-state index contributed by atoms with van der Waals surface area (Å²) in [5.74, 6) is -0.761. The molecule has 1 aromatic carbocycles. The van der Waals surface area contributed by atoms with E-state index in [2.05, 4.69) is 9.72 Å². The van der Waals surface area contributed by atoms with E-state index in [1.807, 2.05) is 27.7 Å². The Morgan fingerprint density at radius 2 is 1.87 bits per heavy atom. The van der Waals surface area contributed by atoms with Gasteiger partial charge in [0.2, 0.25) is 0 Å². The third-order valence-corrected chi connectivity index (χ3v) is 5.36. The van der Waals surface area contributed by atoms with E-state index in [4.69, 9.17) is 30.4 Å². The number of nitrogens with zero attached hydrogens (tertiary/aromatic N) is 1. The number of rotatable bonds is 6. The van der Waals surface area contributed by atoms with Gasteiger partial charge in [0.15, 0.2) is 12.4 Å². The second-order valence-corrected chi connectivity index (χ2v) is 8.07. The minimum atomic E-state index is -0.932. The molecule has 1 aliphatic rings. The van der Waals surface area contributed by atoms with Crippen molar-refractivity contribution in [3.05, 3.63) is 41.3 Å². The molecule has 0 bridgehead atoms. The van der Waals surface area contributed by atoms with Gasteiger partial charge in [-0.15, -0.1) is 0 Å². The summed E-state index contributed by atoms with van der Waals surface area (Å²) in [6, 6.07) is 5.74. The fourth-order valence-corrected chi connectivity index (χ4v) is 2.83. The zero-order valence-electron chi connectivity index (χ0n) is 17.3. The Morgan fingerprint density at radius 3 is 2.50 bits per heavy atom. The lowest BCUT2D eigenvalue weighted by atomic mass is 9.78. The van der Waals surface area contributed by atoms with E-state index in [9.17, 15) is 9.18 Å². The predicted octanol–water partition coefficient (Wildman–Crippen LogP) is 3.52. The number of hydrogen-bond acceptors (Lipinski definition) is 7. The van der Waals surface area contributed by atoms with Gasteiger partial charge in [-0.05, 0) is 52.0 Å². The van der Waals surface area contributed by atoms with E-state index in [0.717, 1.165) is 6.07 Å². The summed E-state index contributed by atoms with van der Waals surface area (Å²) in [6.07, 6.45) is 1.47. The van der Waals surface area contributed by atoms with E-state index in [-0.39, 0.29) is 34.5 Å². The van der Waals surface area contributed by atoms with Crippen LogP contribution in [-0.4, -0.2) is 43.0 Å². The molecule has 30 heavy (non-hydrogen) atoms. The average molecular weight is 438 g/mol. The Balaban J connectivity index is 1.89. The van der Waals surface area contributed by atoms with Crippen molar-refractivity contribution in [3.63, 3.8) is 0 Å². The lowest BCUT2D eigenvalue weighted by Crippen LogP contribution is -2.41. The number of aromatic nitrogens is 1. The third kappa shape index (κ3) is 4.53. The first-order chi connectivity index (χ1) is 14.0. The van der Waals surface area contributed by atoms with Gasteiger partial charge >= 0.3 is 13.1 Å². The number of benzene rings is 1. The highest BCUT2D eigenvalue weighted by molar-refractivity contribution is 6.62. The largest absolute Gasteiger partial charge is 0.497 e. The van der Waals surface area contributed by atoms with Crippen LogP contribution in [0.5, 0.6) is 17.4 Å². The highest BCUT2D eigenvalue weighted by Crippen LogP contribution is 2.38. The van der Waals surface area contributed by atoms with Crippen LogP contribution in [0.25, 0.3) is 0 Å². The Labute approximate surface area is 179 Å². The standard InChI is InChI=1S/C20H22BClFNO6/c1-19(2)20(3,4)30-21(29-19)12-9-16(13(22)10-14(12)23)28-15-7-6-8-24-18(15)27-11-17(25)26-5/h6-10H,11H2,1-5H3. The molecule has 0 amide bonds. The maximum atomic E-state index is 14.7. The van der Waals surface area contributed by atoms with E-state index in [1.54, 1.807) is 12.1 Å². The average Bonchev–Trinajstić information content (AvgIpc) is 2.89. The van der Waals surface area contributed by atoms with Gasteiger partial charge in [0.25, 0.3) is 5.88 Å². The summed E-state index contributed by atoms with van der Waals surface area (Å²) in [7, 11) is 0.315. The molecule has 160 valence electrons. The monoisotopic (exact) mass is 437 g/mol. The van der Waals surface area contributed by atoms with Gasteiger partial charge in [-0.25, -0.2) is 14.2 Å². The van der Waals surface area contributed by atoms with Crippen molar-refractivity contribution in [2.24, 2.45) is 0 Å². The molecule has 2 heterocycles. The molecule has 2 aromatic rings. The van der Waals surface area contributed by atoms with Crippen LogP contribution in [0.2, 0.25) is 5.02 Å². The highest BCUT2D eigenvalue weighted by Gasteiger charge is 2.52. The predicted molar refractivity (Wildman–Crippen MR) is 109 cm³/mol. The quantitative estimate of drug-likeness (QED) is 0.505. The van der Waals surface area contributed by atoms with Crippen molar-refractivity contribution in [2.75, 3.05) is 13.7 Å². The normalized spacial score (nSPS) is 17.0. The zero-order chi connectivity index (χ0) is 22.1. The summed E-state index contributed by atoms with van der Waals surface area (Å²) in [5.41, 5.74) is -1.12. The number of pyridine rings is 1. The molecule has 7 nitrogen and oxygen atoms in total. The minimum absolute atomic E-state index is 0.0375. The zero-order valence-corrected chi connectivity index (χ0v) is 18.1. The van der Waals surface area contributed by atoms with Crippen LogP contribution in [0.1, 0.15) is 27.7 Å². The molecule has 0 spiro atoms. The first-order valence-electron chi connectivity index (χ1n) is 9.21. The second kappa shape index (κ2) is 8.41. The van der Waals surface area contributed by atoms with Crippen molar-refractivity contribution in [1.82, 2.24) is 4.98 Å². The lowest BCUT2D eigenvalue weighted by Gasteiger charge is -2.32. The van der Waals surface area contributed by atoms with E-state index >= 15 is 0 Å². The Bertz CT molecular complexity index is 939. The van der Waals surface area contributed by atoms with Crippen molar-refractivity contribution in [3.8, 4) is 17.4 Å². The first kappa shape index (κ1) is 22.3. The van der Waals surface area contributed by atoms with Crippen LogP contribution in [-0.2, 0) is 18.8 Å². The van der Waals surface area contributed by atoms with Crippen LogP contribution >= 0.6 is 11.6 Å². The Hall–Kier alpha value is -2.36. The molecular weight excluding hydrogens is 415 g/mol. The second-order valence-electron chi connectivity index (χ2n) is 7.67. The SMILES string of the molecule is COC(=O)COc1ncccc1Oc1cc(B2OC(C)(C)C(C)(C)O2)c(F)cc1Cl. The molecule has 0 N–H and O–H groups in total. The fraction of sp³-hybridized carbons (Fsp3) is 0.400. The topological polar surface area (TPSA) is 76.1 Å². The van der Waals surface area contributed by atoms with Gasteiger partial charge in [-0.1, -0.05) is 11.6 Å². The van der Waals surface area contributed by atoms with Crippen LogP contribution in [0.15, 0.2) is 30.5 Å². The van der Waals surface area contributed by atoms with Crippen molar-refractivity contribution in [2.45, 2.75) is 38.9 Å². The maximum absolute atomic E-state index is 14.7. The Morgan fingerprint density at radius 1 is 1.20 bits per heavy atom. The van der Waals surface area contributed by atoms with Gasteiger partial charge in [0, 0.05) is 11.7 Å². The number of hydrogen-bond donors (Lipinski definition) is 0. The molecule has 1 saturated heterocycles. The molecule has 3 rings (SSSR count). The van der Waals surface area contributed by atoms with Crippen LogP contribution in [0, 0.1) is 5.82 Å². The van der Waals surface area contributed by atoms with Gasteiger partial charge < -0.3 is 23.5 Å². The van der Waals surface area contributed by atoms with Crippen molar-refractivity contribution < 1.29 is 32.7 Å². The summed E-state index contributed by atoms with van der Waals surface area (Å²) in [4.78, 5) is 15.4. The van der Waals surface area contributed by atoms with E-state index in [0.29, 0.717) is 0 Å². The van der Waals surface area contributed by atoms with Crippen LogP contribution in [0.3, 0.4) is 0 Å². The number of halogens is 2. The molecule has 1 fully saturated rings. The van der Waals surface area contributed by atoms with Crippen LogP contribution < -0.4 is 14.9 Å². The van der Waals surface area contributed by atoms with Gasteiger partial charge in [-0.3, -0.25) is 0 Å². The molecule has 10 heteroatoms. The number of esters is 1. The first-order valence-corrected chi connectivity index (χ1v) is 9.59. The summed E-state index contributed by atoms with van der Waals surface area (Å²) in [6.45, 7) is 7.15. The molecule has 1 aliphatic heterocycles. The molecule has 0 saturated carbocycles. The third-order valence-electron chi connectivity index (χ3n) is 5.07. The smallest absolute Gasteiger partial charge is 0.466 e. The van der Waals surface area contributed by atoms with Crippen molar-refractivity contribution in [1.29, 1.82) is 0 Å². The molecule has 1 aromatic heterocycles. The summed E-state index contributed by atoms with van der Waals surface area (Å²) < 4.78 is 42.2. The van der Waals surface area contributed by atoms with Crippen molar-refractivity contribution >= 4 is 30.2 Å². The van der Waals surface area contributed by atoms with Gasteiger partial charge in [0.1, 0.15) is 11.6 Å². The minimum Gasteiger partial charge on any atom is -0.466 e. The number of ether oxygens (including phenoxy) is 3. The maximum Gasteiger partial charge on any atom is 0.497 e. The number of carbonyl (C=O) groups excluding carboxylic acids is 1. The fourth-order valence-electron chi connectivity index (χ4n) is 2.64. The van der Waals surface area contributed by atoms with Gasteiger partial charge in [0.05, 0.1) is 23.3 Å².